The molecule has 0 aliphatic rings. The number of nitrogens with one attached hydrogen (secondary N) is 1. The molecule has 2 rings (SSSR count). The van der Waals surface area contributed by atoms with E-state index in [0.717, 1.165) is 0 Å². The monoisotopic (exact) mass is 276 g/mol. The van der Waals surface area contributed by atoms with Crippen molar-refractivity contribution in [3.8, 4) is 11.5 Å². The summed E-state index contributed by atoms with van der Waals surface area (Å²) in [6, 6.07) is 2.43. The van der Waals surface area contributed by atoms with Crippen molar-refractivity contribution >= 4 is 22.5 Å². The van der Waals surface area contributed by atoms with E-state index in [9.17, 15) is 13.6 Å². The van der Waals surface area contributed by atoms with Gasteiger partial charge in [-0.05, 0) is 17.7 Å². The van der Waals surface area contributed by atoms with Crippen molar-refractivity contribution in [2.45, 2.75) is 6.61 Å². The SMILES string of the molecule is COc1cc2c(=O)[nH]c(Cl)nc2cc1OC(F)F. The summed E-state index contributed by atoms with van der Waals surface area (Å²) in [5, 5.41) is 0.0264. The molecule has 1 N–H and O–H groups in total. The molecular formula is C10H7ClF2N2O3. The second-order valence-corrected chi connectivity index (χ2v) is 3.61. The largest absolute Gasteiger partial charge is 0.493 e. The van der Waals surface area contributed by atoms with Crippen molar-refractivity contribution in [2.75, 3.05) is 7.11 Å². The summed E-state index contributed by atoms with van der Waals surface area (Å²) < 4.78 is 33.5. The van der Waals surface area contributed by atoms with Crippen LogP contribution in [0.2, 0.25) is 5.28 Å². The molecule has 0 radical (unpaired) electrons. The number of ether oxygens (including phenoxy) is 2. The lowest BCUT2D eigenvalue weighted by molar-refractivity contribution is -0.0511. The highest BCUT2D eigenvalue weighted by atomic mass is 35.5. The lowest BCUT2D eigenvalue weighted by atomic mass is 10.2. The van der Waals surface area contributed by atoms with Crippen LogP contribution in [0.5, 0.6) is 11.5 Å². The summed E-state index contributed by atoms with van der Waals surface area (Å²) in [6.45, 7) is -3.01. The zero-order valence-electron chi connectivity index (χ0n) is 9.04. The Balaban J connectivity index is 2.69. The van der Waals surface area contributed by atoms with Crippen molar-refractivity contribution in [1.29, 1.82) is 0 Å². The minimum atomic E-state index is -3.01. The Hall–Kier alpha value is -1.89. The number of aromatic amines is 1. The van der Waals surface area contributed by atoms with Crippen LogP contribution in [-0.2, 0) is 0 Å². The van der Waals surface area contributed by atoms with E-state index in [1.165, 1.54) is 19.2 Å². The van der Waals surface area contributed by atoms with Crippen LogP contribution in [0.1, 0.15) is 0 Å². The third-order valence-corrected chi connectivity index (χ3v) is 2.36. The fraction of sp³-hybridized carbons (Fsp3) is 0.200. The standard InChI is InChI=1S/C10H7ClF2N2O3/c1-17-6-2-4-5(3-7(6)18-10(12)13)14-9(11)15-8(4)16/h2-3,10H,1H3,(H,14,15,16). The van der Waals surface area contributed by atoms with Crippen molar-refractivity contribution < 1.29 is 18.3 Å². The van der Waals surface area contributed by atoms with E-state index in [4.69, 9.17) is 16.3 Å². The molecule has 0 amide bonds. The molecule has 0 fully saturated rings. The normalized spacial score (nSPS) is 10.9. The van der Waals surface area contributed by atoms with Gasteiger partial charge in [-0.2, -0.15) is 8.78 Å². The highest BCUT2D eigenvalue weighted by Gasteiger charge is 2.14. The van der Waals surface area contributed by atoms with Crippen LogP contribution in [-0.4, -0.2) is 23.7 Å². The second kappa shape index (κ2) is 4.77. The summed E-state index contributed by atoms with van der Waals surface area (Å²) in [7, 11) is 1.27. The highest BCUT2D eigenvalue weighted by molar-refractivity contribution is 6.28. The molecule has 1 aromatic heterocycles. The van der Waals surface area contributed by atoms with Gasteiger partial charge in [0.05, 0.1) is 18.0 Å². The highest BCUT2D eigenvalue weighted by Crippen LogP contribution is 2.31. The van der Waals surface area contributed by atoms with Crippen LogP contribution in [0.4, 0.5) is 8.78 Å². The first-order valence-corrected chi connectivity index (χ1v) is 5.11. The number of nitrogens with zero attached hydrogens (tertiary/aromatic N) is 1. The lowest BCUT2D eigenvalue weighted by Crippen LogP contribution is -2.09. The van der Waals surface area contributed by atoms with E-state index < -0.39 is 12.2 Å². The fourth-order valence-electron chi connectivity index (χ4n) is 1.47. The van der Waals surface area contributed by atoms with Crippen LogP contribution in [0.3, 0.4) is 0 Å². The number of rotatable bonds is 3. The number of methoxy groups -OCH3 is 1. The summed E-state index contributed by atoms with van der Waals surface area (Å²) in [5.74, 6) is -0.202. The Morgan fingerprint density at radius 2 is 2.11 bits per heavy atom. The number of halogens is 3. The average Bonchev–Trinajstić information content (AvgIpc) is 2.27. The molecule has 0 bridgehead atoms. The molecule has 0 saturated heterocycles. The molecule has 0 aliphatic heterocycles. The summed E-state index contributed by atoms with van der Waals surface area (Å²) >= 11 is 5.57. The maximum absolute atomic E-state index is 12.2. The first kappa shape index (κ1) is 12.6. The fourth-order valence-corrected chi connectivity index (χ4v) is 1.64. The Labute approximate surface area is 104 Å². The van der Waals surface area contributed by atoms with E-state index in [0.29, 0.717) is 0 Å². The first-order chi connectivity index (χ1) is 8.51. The third kappa shape index (κ3) is 2.35. The van der Waals surface area contributed by atoms with E-state index >= 15 is 0 Å². The molecule has 0 spiro atoms. The van der Waals surface area contributed by atoms with Gasteiger partial charge in [-0.1, -0.05) is 0 Å². The molecule has 5 nitrogen and oxygen atoms in total. The Bertz CT molecular complexity index is 645. The van der Waals surface area contributed by atoms with Crippen molar-refractivity contribution in [3.05, 3.63) is 27.8 Å². The molecule has 8 heteroatoms. The second-order valence-electron chi connectivity index (χ2n) is 3.26. The van der Waals surface area contributed by atoms with Gasteiger partial charge in [0.1, 0.15) is 0 Å². The van der Waals surface area contributed by atoms with Gasteiger partial charge in [0, 0.05) is 6.07 Å². The first-order valence-electron chi connectivity index (χ1n) is 4.73. The molecule has 2 aromatic rings. The van der Waals surface area contributed by atoms with Gasteiger partial charge in [-0.3, -0.25) is 9.78 Å². The number of hydrogen-bond acceptors (Lipinski definition) is 4. The van der Waals surface area contributed by atoms with Gasteiger partial charge < -0.3 is 9.47 Å². The number of H-pyrrole nitrogens is 1. The number of benzene rings is 1. The summed E-state index contributed by atoms with van der Waals surface area (Å²) in [6.07, 6.45) is 0. The molecule has 1 aromatic carbocycles. The number of aromatic nitrogens is 2. The van der Waals surface area contributed by atoms with Gasteiger partial charge in [-0.25, -0.2) is 4.98 Å². The molecule has 0 saturated carbocycles. The van der Waals surface area contributed by atoms with E-state index in [1.807, 2.05) is 0 Å². The third-order valence-electron chi connectivity index (χ3n) is 2.18. The predicted molar refractivity (Wildman–Crippen MR) is 60.6 cm³/mol. The van der Waals surface area contributed by atoms with Gasteiger partial charge in [0.15, 0.2) is 11.5 Å². The van der Waals surface area contributed by atoms with E-state index in [2.05, 4.69) is 14.7 Å². The van der Waals surface area contributed by atoms with Gasteiger partial charge in [0.2, 0.25) is 5.28 Å². The maximum atomic E-state index is 12.2. The van der Waals surface area contributed by atoms with Crippen LogP contribution in [0.25, 0.3) is 10.9 Å². The smallest absolute Gasteiger partial charge is 0.387 e. The molecule has 18 heavy (non-hydrogen) atoms. The van der Waals surface area contributed by atoms with Crippen molar-refractivity contribution in [1.82, 2.24) is 9.97 Å². The Morgan fingerprint density at radius 3 is 2.72 bits per heavy atom. The zero-order valence-corrected chi connectivity index (χ0v) is 9.79. The maximum Gasteiger partial charge on any atom is 0.387 e. The topological polar surface area (TPSA) is 64.2 Å². The zero-order chi connectivity index (χ0) is 13.3. The number of hydrogen-bond donors (Lipinski definition) is 1. The van der Waals surface area contributed by atoms with E-state index in [1.54, 1.807) is 0 Å². The molecule has 0 atom stereocenters. The predicted octanol–water partition coefficient (Wildman–Crippen LogP) is 2.19. The Kier molecular flexibility index (Phi) is 3.33. The molecule has 0 unspecified atom stereocenters. The number of fused-ring (bicyclic) bond motifs is 1. The summed E-state index contributed by atoms with van der Waals surface area (Å²) in [5.41, 5.74) is -0.355. The van der Waals surface area contributed by atoms with E-state index in [-0.39, 0.29) is 27.7 Å². The van der Waals surface area contributed by atoms with Gasteiger partial charge >= 0.3 is 6.61 Å². The quantitative estimate of drug-likeness (QED) is 0.873. The molecular weight excluding hydrogens is 270 g/mol. The van der Waals surface area contributed by atoms with Crippen molar-refractivity contribution in [2.24, 2.45) is 0 Å². The molecule has 1 heterocycles. The molecule has 0 aliphatic carbocycles. The average molecular weight is 277 g/mol. The minimum absolute atomic E-state index is 0.0115. The van der Waals surface area contributed by atoms with Crippen LogP contribution < -0.4 is 15.0 Å². The summed E-state index contributed by atoms with van der Waals surface area (Å²) in [4.78, 5) is 17.7. The van der Waals surface area contributed by atoms with Gasteiger partial charge in [-0.15, -0.1) is 0 Å². The minimum Gasteiger partial charge on any atom is -0.493 e. The van der Waals surface area contributed by atoms with Crippen LogP contribution in [0.15, 0.2) is 16.9 Å². The van der Waals surface area contributed by atoms with Crippen molar-refractivity contribution in [3.63, 3.8) is 0 Å². The van der Waals surface area contributed by atoms with Gasteiger partial charge in [0.25, 0.3) is 5.56 Å². The lowest BCUT2D eigenvalue weighted by Gasteiger charge is -2.10. The van der Waals surface area contributed by atoms with Crippen LogP contribution >= 0.6 is 11.6 Å². The van der Waals surface area contributed by atoms with Crippen LogP contribution in [0, 0.1) is 0 Å². The number of alkyl halides is 2. The molecule has 96 valence electrons. The Morgan fingerprint density at radius 1 is 1.39 bits per heavy atom.